The number of aromatic nitrogens is 4. The van der Waals surface area contributed by atoms with Crippen molar-refractivity contribution in [3.8, 4) is 0 Å². The zero-order valence-electron chi connectivity index (χ0n) is 13.4. The molecule has 0 amide bonds. The van der Waals surface area contributed by atoms with Crippen molar-refractivity contribution < 1.29 is 0 Å². The van der Waals surface area contributed by atoms with E-state index in [-0.39, 0.29) is 0 Å². The van der Waals surface area contributed by atoms with Crippen LogP contribution in [0, 0.1) is 20.8 Å². The van der Waals surface area contributed by atoms with E-state index in [0.717, 1.165) is 31.0 Å². The maximum atomic E-state index is 4.53. The number of hydrogen-bond acceptors (Lipinski definition) is 3. The summed E-state index contributed by atoms with van der Waals surface area (Å²) in [6.45, 7) is 14.5. The molecule has 0 saturated heterocycles. The van der Waals surface area contributed by atoms with Gasteiger partial charge in [-0.1, -0.05) is 6.08 Å². The highest BCUT2D eigenvalue weighted by Gasteiger charge is 2.10. The molecule has 21 heavy (non-hydrogen) atoms. The van der Waals surface area contributed by atoms with Gasteiger partial charge >= 0.3 is 0 Å². The van der Waals surface area contributed by atoms with Gasteiger partial charge in [-0.3, -0.25) is 9.36 Å². The highest BCUT2D eigenvalue weighted by Crippen LogP contribution is 2.10. The molecule has 2 aromatic rings. The molecular formula is C16H25N5. The zero-order valence-corrected chi connectivity index (χ0v) is 13.4. The Morgan fingerprint density at radius 1 is 1.33 bits per heavy atom. The van der Waals surface area contributed by atoms with Crippen LogP contribution in [0.5, 0.6) is 0 Å². The molecule has 2 heterocycles. The lowest BCUT2D eigenvalue weighted by Crippen LogP contribution is -2.24. The second-order valence-electron chi connectivity index (χ2n) is 5.60. The van der Waals surface area contributed by atoms with Gasteiger partial charge < -0.3 is 5.32 Å². The van der Waals surface area contributed by atoms with E-state index in [0.29, 0.717) is 6.04 Å². The molecule has 1 atom stereocenters. The fourth-order valence-corrected chi connectivity index (χ4v) is 2.55. The predicted octanol–water partition coefficient (Wildman–Crippen LogP) is 2.54. The van der Waals surface area contributed by atoms with E-state index in [4.69, 9.17) is 0 Å². The van der Waals surface area contributed by atoms with E-state index in [2.05, 4.69) is 52.9 Å². The van der Waals surface area contributed by atoms with Gasteiger partial charge in [0.1, 0.15) is 0 Å². The summed E-state index contributed by atoms with van der Waals surface area (Å²) >= 11 is 0. The van der Waals surface area contributed by atoms with Crippen molar-refractivity contribution in [2.75, 3.05) is 6.54 Å². The summed E-state index contributed by atoms with van der Waals surface area (Å²) in [6.07, 6.45) is 3.94. The largest absolute Gasteiger partial charge is 0.310 e. The maximum Gasteiger partial charge on any atom is 0.0638 e. The first-order valence-electron chi connectivity index (χ1n) is 7.38. The SMILES string of the molecule is C=CCn1cc(CNC[C@H](C)n2nc(C)cc2C)c(C)n1. The van der Waals surface area contributed by atoms with E-state index in [1.807, 2.05) is 24.6 Å². The van der Waals surface area contributed by atoms with Crippen LogP contribution < -0.4 is 5.32 Å². The minimum absolute atomic E-state index is 0.335. The molecule has 0 unspecified atom stereocenters. The first-order chi connectivity index (χ1) is 10.0. The van der Waals surface area contributed by atoms with Gasteiger partial charge in [-0.15, -0.1) is 6.58 Å². The Bertz CT molecular complexity index is 608. The van der Waals surface area contributed by atoms with Crippen LogP contribution in [0.1, 0.15) is 35.6 Å². The van der Waals surface area contributed by atoms with Gasteiger partial charge in [0, 0.05) is 30.5 Å². The predicted molar refractivity (Wildman–Crippen MR) is 85.3 cm³/mol. The average Bonchev–Trinajstić information content (AvgIpc) is 2.93. The van der Waals surface area contributed by atoms with Crippen molar-refractivity contribution in [2.45, 2.75) is 46.8 Å². The van der Waals surface area contributed by atoms with Crippen LogP contribution in [0.2, 0.25) is 0 Å². The normalized spacial score (nSPS) is 12.6. The Morgan fingerprint density at radius 2 is 2.10 bits per heavy atom. The fourth-order valence-electron chi connectivity index (χ4n) is 2.55. The third-order valence-corrected chi connectivity index (χ3v) is 3.58. The summed E-state index contributed by atoms with van der Waals surface area (Å²) in [4.78, 5) is 0. The lowest BCUT2D eigenvalue weighted by atomic mass is 10.2. The lowest BCUT2D eigenvalue weighted by Gasteiger charge is -2.15. The first kappa shape index (κ1) is 15.5. The van der Waals surface area contributed by atoms with Crippen LogP contribution in [-0.4, -0.2) is 26.1 Å². The van der Waals surface area contributed by atoms with Crippen molar-refractivity contribution in [3.63, 3.8) is 0 Å². The molecule has 0 spiro atoms. The molecule has 5 nitrogen and oxygen atoms in total. The summed E-state index contributed by atoms with van der Waals surface area (Å²) in [5.74, 6) is 0. The van der Waals surface area contributed by atoms with Crippen molar-refractivity contribution in [2.24, 2.45) is 0 Å². The second kappa shape index (κ2) is 6.72. The topological polar surface area (TPSA) is 47.7 Å². The minimum atomic E-state index is 0.335. The van der Waals surface area contributed by atoms with Gasteiger partial charge in [0.05, 0.1) is 24.0 Å². The quantitative estimate of drug-likeness (QED) is 0.796. The Morgan fingerprint density at radius 3 is 2.71 bits per heavy atom. The number of aryl methyl sites for hydroxylation is 3. The average molecular weight is 287 g/mol. The smallest absolute Gasteiger partial charge is 0.0638 e. The minimum Gasteiger partial charge on any atom is -0.310 e. The molecule has 0 aliphatic heterocycles. The molecule has 0 bridgehead atoms. The van der Waals surface area contributed by atoms with E-state index in [1.165, 1.54) is 11.3 Å². The van der Waals surface area contributed by atoms with Crippen LogP contribution in [0.15, 0.2) is 24.9 Å². The van der Waals surface area contributed by atoms with E-state index in [1.54, 1.807) is 0 Å². The molecule has 0 aliphatic carbocycles. The highest BCUT2D eigenvalue weighted by atomic mass is 15.3. The van der Waals surface area contributed by atoms with Crippen LogP contribution >= 0.6 is 0 Å². The molecule has 0 fully saturated rings. The summed E-state index contributed by atoms with van der Waals surface area (Å²) in [6, 6.07) is 2.45. The van der Waals surface area contributed by atoms with Crippen LogP contribution in [0.25, 0.3) is 0 Å². The molecule has 1 N–H and O–H groups in total. The van der Waals surface area contributed by atoms with Crippen molar-refractivity contribution in [1.29, 1.82) is 0 Å². The number of nitrogens with one attached hydrogen (secondary N) is 1. The molecule has 2 aromatic heterocycles. The molecule has 0 saturated carbocycles. The Kier molecular flexibility index (Phi) is 4.96. The molecule has 0 aliphatic rings. The van der Waals surface area contributed by atoms with E-state index < -0.39 is 0 Å². The van der Waals surface area contributed by atoms with Crippen molar-refractivity contribution in [3.05, 3.63) is 47.6 Å². The molecular weight excluding hydrogens is 262 g/mol. The van der Waals surface area contributed by atoms with Gasteiger partial charge in [0.25, 0.3) is 0 Å². The van der Waals surface area contributed by atoms with Crippen LogP contribution in [0.4, 0.5) is 0 Å². The summed E-state index contributed by atoms with van der Waals surface area (Å²) < 4.78 is 4.00. The molecule has 0 aromatic carbocycles. The first-order valence-corrected chi connectivity index (χ1v) is 7.38. The van der Waals surface area contributed by atoms with Gasteiger partial charge in [-0.05, 0) is 33.8 Å². The molecule has 5 heteroatoms. The summed E-state index contributed by atoms with van der Waals surface area (Å²) in [5.41, 5.74) is 4.58. The van der Waals surface area contributed by atoms with Gasteiger partial charge in [0.2, 0.25) is 0 Å². The Hall–Kier alpha value is -1.88. The molecule has 2 rings (SSSR count). The van der Waals surface area contributed by atoms with Gasteiger partial charge in [0.15, 0.2) is 0 Å². The van der Waals surface area contributed by atoms with Crippen molar-refractivity contribution >= 4 is 0 Å². The Balaban J connectivity index is 1.89. The number of rotatable bonds is 7. The third-order valence-electron chi connectivity index (χ3n) is 3.58. The number of nitrogens with zero attached hydrogens (tertiary/aromatic N) is 4. The number of hydrogen-bond donors (Lipinski definition) is 1. The fraction of sp³-hybridized carbons (Fsp3) is 0.500. The van der Waals surface area contributed by atoms with Crippen LogP contribution in [-0.2, 0) is 13.1 Å². The summed E-state index contributed by atoms with van der Waals surface area (Å²) in [5, 5.41) is 12.5. The van der Waals surface area contributed by atoms with E-state index >= 15 is 0 Å². The summed E-state index contributed by atoms with van der Waals surface area (Å²) in [7, 11) is 0. The van der Waals surface area contributed by atoms with E-state index in [9.17, 15) is 0 Å². The maximum absolute atomic E-state index is 4.53. The lowest BCUT2D eigenvalue weighted by molar-refractivity contribution is 0.443. The highest BCUT2D eigenvalue weighted by molar-refractivity contribution is 5.15. The standard InChI is InChI=1S/C16H25N5/c1-6-7-20-11-16(15(5)19-20)10-17-9-14(4)21-13(3)8-12(2)18-21/h6,8,11,14,17H,1,7,9-10H2,2-5H3/t14-/m0/s1. The van der Waals surface area contributed by atoms with Crippen LogP contribution in [0.3, 0.4) is 0 Å². The number of allylic oxidation sites excluding steroid dienone is 1. The zero-order chi connectivity index (χ0) is 15.4. The van der Waals surface area contributed by atoms with Gasteiger partial charge in [-0.2, -0.15) is 10.2 Å². The molecule has 0 radical (unpaired) electrons. The van der Waals surface area contributed by atoms with Gasteiger partial charge in [-0.25, -0.2) is 0 Å². The third kappa shape index (κ3) is 3.82. The Labute approximate surface area is 126 Å². The monoisotopic (exact) mass is 287 g/mol. The second-order valence-corrected chi connectivity index (χ2v) is 5.60. The van der Waals surface area contributed by atoms with Crippen molar-refractivity contribution in [1.82, 2.24) is 24.9 Å². The molecule has 114 valence electrons.